The van der Waals surface area contributed by atoms with Gasteiger partial charge in [0.1, 0.15) is 22.3 Å². The summed E-state index contributed by atoms with van der Waals surface area (Å²) in [5.41, 5.74) is 10.6. The number of rotatable bonds is 2. The van der Waals surface area contributed by atoms with Crippen molar-refractivity contribution in [3.63, 3.8) is 0 Å². The maximum absolute atomic E-state index is 6.99. The molecule has 5 nitrogen and oxygen atoms in total. The van der Waals surface area contributed by atoms with Crippen molar-refractivity contribution in [1.82, 2.24) is 14.5 Å². The predicted molar refractivity (Wildman–Crippen MR) is 190 cm³/mol. The highest BCUT2D eigenvalue weighted by Crippen LogP contribution is 2.53. The standard InChI is InChI=1S/C42H21N3O2/c1-2-10-22(11-3-1)39-25-12-4-6-16-28(25)43-42(44-39)45-29-17-7-5-13-26(29)33-27-20-21-32-37-34-23(14-8-18-30(34)46-32)24-15-9-19-31-35(24)38(36(27)37)41(47-31)40(33)45/h1-21H. The van der Waals surface area contributed by atoms with Gasteiger partial charge in [0.25, 0.3) is 0 Å². The largest absolute Gasteiger partial charge is 0.456 e. The van der Waals surface area contributed by atoms with E-state index in [2.05, 4.69) is 114 Å². The van der Waals surface area contributed by atoms with Crippen molar-refractivity contribution in [2.24, 2.45) is 0 Å². The predicted octanol–water partition coefficient (Wildman–Crippen LogP) is 11.3. The summed E-state index contributed by atoms with van der Waals surface area (Å²) < 4.78 is 15.7. The lowest BCUT2D eigenvalue weighted by Gasteiger charge is -2.12. The molecule has 1 aliphatic rings. The summed E-state index contributed by atoms with van der Waals surface area (Å²) in [6.45, 7) is 0. The van der Waals surface area contributed by atoms with Crippen LogP contribution in [0.15, 0.2) is 136 Å². The van der Waals surface area contributed by atoms with E-state index >= 15 is 0 Å². The molecule has 0 saturated heterocycles. The highest BCUT2D eigenvalue weighted by molar-refractivity contribution is 6.44. The van der Waals surface area contributed by atoms with Crippen LogP contribution in [0, 0.1) is 0 Å². The molecule has 47 heavy (non-hydrogen) atoms. The van der Waals surface area contributed by atoms with Gasteiger partial charge in [0.15, 0.2) is 5.58 Å². The summed E-state index contributed by atoms with van der Waals surface area (Å²) in [5, 5.41) is 10.1. The van der Waals surface area contributed by atoms with Crippen LogP contribution in [0.1, 0.15) is 0 Å². The Bertz CT molecular complexity index is 3180. The quantitative estimate of drug-likeness (QED) is 0.198. The van der Waals surface area contributed by atoms with Crippen molar-refractivity contribution in [3.8, 4) is 28.3 Å². The lowest BCUT2D eigenvalue weighted by atomic mass is 9.96. The Balaban J connectivity index is 1.37. The molecule has 0 fully saturated rings. The molecule has 0 bridgehead atoms. The van der Waals surface area contributed by atoms with E-state index in [1.54, 1.807) is 0 Å². The number of fused-ring (bicyclic) bond motifs is 7. The monoisotopic (exact) mass is 599 g/mol. The molecule has 0 amide bonds. The van der Waals surface area contributed by atoms with Crippen LogP contribution in [0.4, 0.5) is 0 Å². The minimum atomic E-state index is 0.611. The van der Waals surface area contributed by atoms with Crippen molar-refractivity contribution < 1.29 is 8.83 Å². The second kappa shape index (κ2) is 8.22. The van der Waals surface area contributed by atoms with Gasteiger partial charge in [0.2, 0.25) is 5.95 Å². The summed E-state index contributed by atoms with van der Waals surface area (Å²) in [5.74, 6) is 0.611. The first-order valence-electron chi connectivity index (χ1n) is 15.8. The molecular weight excluding hydrogens is 578 g/mol. The van der Waals surface area contributed by atoms with E-state index in [1.165, 1.54) is 10.9 Å². The average Bonchev–Trinajstić information content (AvgIpc) is 3.78. The van der Waals surface area contributed by atoms with E-state index in [9.17, 15) is 0 Å². The van der Waals surface area contributed by atoms with Crippen LogP contribution in [0.3, 0.4) is 0 Å². The third kappa shape index (κ3) is 2.82. The van der Waals surface area contributed by atoms with Crippen molar-refractivity contribution >= 4 is 87.4 Å². The zero-order valence-corrected chi connectivity index (χ0v) is 24.8. The minimum Gasteiger partial charge on any atom is -0.456 e. The molecule has 0 spiro atoms. The van der Waals surface area contributed by atoms with E-state index < -0.39 is 0 Å². The SMILES string of the molecule is c1ccc(-c2nc(-n3c4ccccc4c4c5ccc6oc7cccc8c7c6c5c5c(oc6cccc-8c65)c43)nc3ccccc23)cc1. The van der Waals surface area contributed by atoms with Crippen LogP contribution in [0.5, 0.6) is 0 Å². The Labute approximate surface area is 265 Å². The molecule has 7 aromatic carbocycles. The first-order chi connectivity index (χ1) is 23.3. The third-order valence-electron chi connectivity index (χ3n) is 10.1. The van der Waals surface area contributed by atoms with Gasteiger partial charge in [-0.05, 0) is 52.9 Å². The zero-order valence-electron chi connectivity index (χ0n) is 24.8. The Morgan fingerprint density at radius 1 is 0.447 bits per heavy atom. The van der Waals surface area contributed by atoms with Gasteiger partial charge in [0.05, 0.1) is 16.7 Å². The molecule has 0 radical (unpaired) electrons. The van der Waals surface area contributed by atoms with Crippen LogP contribution < -0.4 is 0 Å². The molecule has 1 aliphatic carbocycles. The maximum atomic E-state index is 6.99. The van der Waals surface area contributed by atoms with Gasteiger partial charge in [-0.25, -0.2) is 9.97 Å². The molecule has 11 aromatic rings. The number of furan rings is 2. The highest BCUT2D eigenvalue weighted by atomic mass is 16.3. The van der Waals surface area contributed by atoms with E-state index in [4.69, 9.17) is 18.8 Å². The Kier molecular flexibility index (Phi) is 4.17. The van der Waals surface area contributed by atoms with Gasteiger partial charge in [-0.3, -0.25) is 4.57 Å². The molecule has 5 heteroatoms. The Morgan fingerprint density at radius 2 is 1.15 bits per heavy atom. The number of para-hydroxylation sites is 2. The van der Waals surface area contributed by atoms with Crippen molar-refractivity contribution in [1.29, 1.82) is 0 Å². The fourth-order valence-corrected chi connectivity index (χ4v) is 8.30. The smallest absolute Gasteiger partial charge is 0.235 e. The Morgan fingerprint density at radius 3 is 2.00 bits per heavy atom. The van der Waals surface area contributed by atoms with Crippen LogP contribution in [0.2, 0.25) is 0 Å². The second-order valence-electron chi connectivity index (χ2n) is 12.5. The highest BCUT2D eigenvalue weighted by Gasteiger charge is 2.30. The molecule has 0 unspecified atom stereocenters. The van der Waals surface area contributed by atoms with Crippen LogP contribution in [0.25, 0.3) is 116 Å². The first-order valence-corrected chi connectivity index (χ1v) is 15.8. The molecule has 0 N–H and O–H groups in total. The van der Waals surface area contributed by atoms with E-state index in [1.807, 2.05) is 18.2 Å². The number of hydrogen-bond donors (Lipinski definition) is 0. The molecule has 12 rings (SSSR count). The van der Waals surface area contributed by atoms with Crippen molar-refractivity contribution in [2.75, 3.05) is 0 Å². The second-order valence-corrected chi connectivity index (χ2v) is 12.5. The topological polar surface area (TPSA) is 57.0 Å². The summed E-state index contributed by atoms with van der Waals surface area (Å²) in [7, 11) is 0. The average molecular weight is 600 g/mol. The molecule has 0 saturated carbocycles. The minimum absolute atomic E-state index is 0.611. The first kappa shape index (κ1) is 23.9. The molecule has 4 heterocycles. The third-order valence-corrected chi connectivity index (χ3v) is 10.1. The molecule has 4 aromatic heterocycles. The van der Waals surface area contributed by atoms with Gasteiger partial charge in [-0.1, -0.05) is 91.0 Å². The summed E-state index contributed by atoms with van der Waals surface area (Å²) in [4.78, 5) is 10.6. The van der Waals surface area contributed by atoms with Gasteiger partial charge in [-0.15, -0.1) is 0 Å². The maximum Gasteiger partial charge on any atom is 0.235 e. The van der Waals surface area contributed by atoms with Gasteiger partial charge in [-0.2, -0.15) is 0 Å². The van der Waals surface area contributed by atoms with Gasteiger partial charge >= 0.3 is 0 Å². The van der Waals surface area contributed by atoms with E-state index in [0.29, 0.717) is 5.95 Å². The zero-order chi connectivity index (χ0) is 30.4. The molecule has 0 aliphatic heterocycles. The van der Waals surface area contributed by atoms with E-state index in [-0.39, 0.29) is 0 Å². The van der Waals surface area contributed by atoms with Gasteiger partial charge < -0.3 is 8.83 Å². The number of nitrogens with zero attached hydrogens (tertiary/aromatic N) is 3. The fraction of sp³-hybridized carbons (Fsp3) is 0. The number of aromatic nitrogens is 3. The van der Waals surface area contributed by atoms with Crippen LogP contribution in [-0.2, 0) is 0 Å². The normalized spacial score (nSPS) is 12.7. The van der Waals surface area contributed by atoms with Gasteiger partial charge in [0, 0.05) is 48.7 Å². The van der Waals surface area contributed by atoms with E-state index in [0.717, 1.165) is 98.8 Å². The number of benzene rings is 7. The Hall–Kier alpha value is -6.46. The molecule has 0 atom stereocenters. The van der Waals surface area contributed by atoms with Crippen molar-refractivity contribution in [2.45, 2.75) is 0 Å². The lowest BCUT2D eigenvalue weighted by Crippen LogP contribution is -2.03. The summed E-state index contributed by atoms with van der Waals surface area (Å²) in [6.07, 6.45) is 0. The molecule has 216 valence electrons. The van der Waals surface area contributed by atoms with Crippen LogP contribution in [-0.4, -0.2) is 14.5 Å². The summed E-state index contributed by atoms with van der Waals surface area (Å²) in [6, 6.07) is 44.3. The fourth-order valence-electron chi connectivity index (χ4n) is 8.30. The lowest BCUT2D eigenvalue weighted by molar-refractivity contribution is 0.669. The van der Waals surface area contributed by atoms with Crippen LogP contribution >= 0.6 is 0 Å². The summed E-state index contributed by atoms with van der Waals surface area (Å²) >= 11 is 0. The number of hydrogen-bond acceptors (Lipinski definition) is 4. The van der Waals surface area contributed by atoms with Crippen molar-refractivity contribution in [3.05, 3.63) is 127 Å². The molecular formula is C42H21N3O2.